The summed E-state index contributed by atoms with van der Waals surface area (Å²) in [5.74, 6) is 0.652. The van der Waals surface area contributed by atoms with Gasteiger partial charge in [0.15, 0.2) is 0 Å². The van der Waals surface area contributed by atoms with Gasteiger partial charge in [-0.3, -0.25) is 4.79 Å². The van der Waals surface area contributed by atoms with Gasteiger partial charge in [-0.15, -0.1) is 0 Å². The van der Waals surface area contributed by atoms with E-state index in [-0.39, 0.29) is 17.8 Å². The first-order chi connectivity index (χ1) is 13.7. The minimum absolute atomic E-state index is 0.126. The summed E-state index contributed by atoms with van der Waals surface area (Å²) in [6.07, 6.45) is 3.19. The molecule has 150 valence electrons. The largest absolute Gasteiger partial charge is 0.493 e. The van der Waals surface area contributed by atoms with E-state index in [0.29, 0.717) is 38.1 Å². The van der Waals surface area contributed by atoms with Gasteiger partial charge in [0.2, 0.25) is 5.91 Å². The Kier molecular flexibility index (Phi) is 7.43. The summed E-state index contributed by atoms with van der Waals surface area (Å²) in [5.41, 5.74) is 1.66. The van der Waals surface area contributed by atoms with Crippen LogP contribution in [0.5, 0.6) is 5.75 Å². The van der Waals surface area contributed by atoms with E-state index in [4.69, 9.17) is 9.47 Å². The standard InChI is InChI=1S/C23H28FNO3/c1-2-23(26)25(17-21-10-6-13-27-21)16-18-7-5-9-20(15-18)28-14-12-19-8-3-4-11-22(19)24/h3-5,7-9,11,15,21H,2,6,10,12-14,16-17H2,1H3. The lowest BCUT2D eigenvalue weighted by Gasteiger charge is -2.25. The summed E-state index contributed by atoms with van der Waals surface area (Å²) in [7, 11) is 0. The van der Waals surface area contributed by atoms with Gasteiger partial charge in [-0.2, -0.15) is 0 Å². The molecule has 0 aromatic heterocycles. The van der Waals surface area contributed by atoms with E-state index < -0.39 is 0 Å². The van der Waals surface area contributed by atoms with Crippen LogP contribution in [-0.4, -0.2) is 36.7 Å². The fourth-order valence-corrected chi connectivity index (χ4v) is 3.45. The third kappa shape index (κ3) is 5.80. The van der Waals surface area contributed by atoms with Gasteiger partial charge in [-0.1, -0.05) is 37.3 Å². The number of carbonyl (C=O) groups excluding carboxylic acids is 1. The molecule has 1 aliphatic heterocycles. The van der Waals surface area contributed by atoms with Crippen molar-refractivity contribution < 1.29 is 18.7 Å². The number of amides is 1. The van der Waals surface area contributed by atoms with Gasteiger partial charge in [-0.05, 0) is 42.2 Å². The Morgan fingerprint density at radius 1 is 1.25 bits per heavy atom. The van der Waals surface area contributed by atoms with Gasteiger partial charge in [0.1, 0.15) is 11.6 Å². The lowest BCUT2D eigenvalue weighted by atomic mass is 10.1. The van der Waals surface area contributed by atoms with Gasteiger partial charge in [0, 0.05) is 32.5 Å². The zero-order chi connectivity index (χ0) is 19.8. The summed E-state index contributed by atoms with van der Waals surface area (Å²) in [6.45, 7) is 4.23. The number of rotatable bonds is 9. The number of ether oxygens (including phenoxy) is 2. The van der Waals surface area contributed by atoms with E-state index in [1.165, 1.54) is 6.07 Å². The molecule has 0 radical (unpaired) electrons. The van der Waals surface area contributed by atoms with Crippen molar-refractivity contribution in [1.29, 1.82) is 0 Å². The van der Waals surface area contributed by atoms with Crippen LogP contribution in [0, 0.1) is 5.82 Å². The second kappa shape index (κ2) is 10.2. The number of carbonyl (C=O) groups is 1. The first-order valence-corrected chi connectivity index (χ1v) is 10.00. The average Bonchev–Trinajstić information content (AvgIpc) is 3.22. The molecular weight excluding hydrogens is 357 g/mol. The van der Waals surface area contributed by atoms with Crippen molar-refractivity contribution >= 4 is 5.91 Å². The molecule has 1 atom stereocenters. The lowest BCUT2D eigenvalue weighted by molar-refractivity contribution is -0.133. The minimum atomic E-state index is -0.206. The summed E-state index contributed by atoms with van der Waals surface area (Å²) in [5, 5.41) is 0. The van der Waals surface area contributed by atoms with Crippen LogP contribution >= 0.6 is 0 Å². The van der Waals surface area contributed by atoms with E-state index >= 15 is 0 Å². The molecule has 1 saturated heterocycles. The lowest BCUT2D eigenvalue weighted by Crippen LogP contribution is -2.36. The minimum Gasteiger partial charge on any atom is -0.493 e. The molecule has 0 aliphatic carbocycles. The number of hydrogen-bond acceptors (Lipinski definition) is 3. The maximum atomic E-state index is 13.7. The molecule has 3 rings (SSSR count). The maximum Gasteiger partial charge on any atom is 0.222 e. The molecule has 2 aromatic rings. The summed E-state index contributed by atoms with van der Waals surface area (Å²) < 4.78 is 25.2. The van der Waals surface area contributed by atoms with Crippen molar-refractivity contribution in [2.24, 2.45) is 0 Å². The average molecular weight is 385 g/mol. The topological polar surface area (TPSA) is 38.8 Å². The molecule has 0 bridgehead atoms. The highest BCUT2D eigenvalue weighted by Crippen LogP contribution is 2.19. The van der Waals surface area contributed by atoms with Gasteiger partial charge < -0.3 is 14.4 Å². The fraction of sp³-hybridized carbons (Fsp3) is 0.435. The molecule has 5 heteroatoms. The van der Waals surface area contributed by atoms with Crippen LogP contribution < -0.4 is 4.74 Å². The summed E-state index contributed by atoms with van der Waals surface area (Å²) >= 11 is 0. The molecular formula is C23H28FNO3. The second-order valence-corrected chi connectivity index (χ2v) is 7.10. The van der Waals surface area contributed by atoms with Crippen LogP contribution in [0.25, 0.3) is 0 Å². The van der Waals surface area contributed by atoms with Crippen LogP contribution in [0.1, 0.15) is 37.3 Å². The SMILES string of the molecule is CCC(=O)N(Cc1cccc(OCCc2ccccc2F)c1)CC1CCCO1. The monoisotopic (exact) mass is 385 g/mol. The zero-order valence-corrected chi connectivity index (χ0v) is 16.4. The van der Waals surface area contributed by atoms with Crippen LogP contribution in [-0.2, 0) is 22.5 Å². The van der Waals surface area contributed by atoms with E-state index in [1.54, 1.807) is 12.1 Å². The quantitative estimate of drug-likeness (QED) is 0.644. The molecule has 0 saturated carbocycles. The van der Waals surface area contributed by atoms with Gasteiger partial charge in [0.05, 0.1) is 12.7 Å². The molecule has 1 amide bonds. The Balaban J connectivity index is 1.57. The Hall–Kier alpha value is -2.40. The summed E-state index contributed by atoms with van der Waals surface area (Å²) in [6, 6.07) is 14.5. The Morgan fingerprint density at radius 2 is 2.11 bits per heavy atom. The third-order valence-corrected chi connectivity index (χ3v) is 4.97. The van der Waals surface area contributed by atoms with Crippen LogP contribution in [0.2, 0.25) is 0 Å². The first kappa shape index (κ1) is 20.3. The Morgan fingerprint density at radius 3 is 2.86 bits per heavy atom. The zero-order valence-electron chi connectivity index (χ0n) is 16.4. The predicted octanol–water partition coefficient (Wildman–Crippen LogP) is 4.36. The number of hydrogen-bond donors (Lipinski definition) is 0. The smallest absolute Gasteiger partial charge is 0.222 e. The molecule has 0 N–H and O–H groups in total. The first-order valence-electron chi connectivity index (χ1n) is 10.00. The second-order valence-electron chi connectivity index (χ2n) is 7.10. The highest BCUT2D eigenvalue weighted by molar-refractivity contribution is 5.75. The van der Waals surface area contributed by atoms with E-state index in [9.17, 15) is 9.18 Å². The van der Waals surface area contributed by atoms with Crippen LogP contribution in [0.15, 0.2) is 48.5 Å². The molecule has 28 heavy (non-hydrogen) atoms. The molecule has 4 nitrogen and oxygen atoms in total. The normalized spacial score (nSPS) is 16.1. The molecule has 1 heterocycles. The molecule has 0 spiro atoms. The van der Waals surface area contributed by atoms with E-state index in [2.05, 4.69) is 0 Å². The number of halogens is 1. The van der Waals surface area contributed by atoms with E-state index in [0.717, 1.165) is 30.8 Å². The molecule has 1 fully saturated rings. The maximum absolute atomic E-state index is 13.7. The predicted molar refractivity (Wildman–Crippen MR) is 107 cm³/mol. The fourth-order valence-electron chi connectivity index (χ4n) is 3.45. The van der Waals surface area contributed by atoms with Crippen molar-refractivity contribution in [3.05, 3.63) is 65.5 Å². The Bertz CT molecular complexity index is 774. The van der Waals surface area contributed by atoms with Crippen LogP contribution in [0.3, 0.4) is 0 Å². The molecule has 1 aliphatic rings. The van der Waals surface area contributed by atoms with Crippen molar-refractivity contribution in [2.75, 3.05) is 19.8 Å². The van der Waals surface area contributed by atoms with Gasteiger partial charge in [-0.25, -0.2) is 4.39 Å². The Labute approximate surface area is 166 Å². The van der Waals surface area contributed by atoms with Gasteiger partial charge >= 0.3 is 0 Å². The van der Waals surface area contributed by atoms with Crippen molar-refractivity contribution in [1.82, 2.24) is 4.90 Å². The van der Waals surface area contributed by atoms with Crippen molar-refractivity contribution in [2.45, 2.75) is 45.3 Å². The summed E-state index contributed by atoms with van der Waals surface area (Å²) in [4.78, 5) is 14.2. The molecule has 2 aromatic carbocycles. The number of nitrogens with zero attached hydrogens (tertiary/aromatic N) is 1. The number of benzene rings is 2. The third-order valence-electron chi connectivity index (χ3n) is 4.97. The molecule has 1 unspecified atom stereocenters. The highest BCUT2D eigenvalue weighted by atomic mass is 19.1. The van der Waals surface area contributed by atoms with Gasteiger partial charge in [0.25, 0.3) is 0 Å². The van der Waals surface area contributed by atoms with E-state index in [1.807, 2.05) is 42.2 Å². The highest BCUT2D eigenvalue weighted by Gasteiger charge is 2.22. The van der Waals surface area contributed by atoms with Crippen molar-refractivity contribution in [3.63, 3.8) is 0 Å². The van der Waals surface area contributed by atoms with Crippen LogP contribution in [0.4, 0.5) is 4.39 Å². The van der Waals surface area contributed by atoms with Crippen molar-refractivity contribution in [3.8, 4) is 5.75 Å².